The molecule has 2 saturated heterocycles. The van der Waals surface area contributed by atoms with Gasteiger partial charge in [0.15, 0.2) is 17.3 Å². The van der Waals surface area contributed by atoms with Gasteiger partial charge in [0.1, 0.15) is 11.3 Å². The number of hydrogen-bond acceptors (Lipinski definition) is 7. The molecule has 7 nitrogen and oxygen atoms in total. The molecule has 38 heavy (non-hydrogen) atoms. The number of ether oxygens (including phenoxy) is 2. The average molecular weight is 515 g/mol. The molecule has 0 bridgehead atoms. The van der Waals surface area contributed by atoms with Gasteiger partial charge in [-0.15, -0.1) is 0 Å². The number of fused-ring (bicyclic) bond motifs is 2. The number of nitrogens with zero attached hydrogens (tertiary/aromatic N) is 3. The summed E-state index contributed by atoms with van der Waals surface area (Å²) in [5.74, 6) is 2.24. The number of benzene rings is 2. The number of anilines is 1. The van der Waals surface area contributed by atoms with E-state index in [0.29, 0.717) is 12.6 Å². The summed E-state index contributed by atoms with van der Waals surface area (Å²) in [4.78, 5) is 9.95. The zero-order valence-corrected chi connectivity index (χ0v) is 22.5. The number of para-hydroxylation sites is 1. The van der Waals surface area contributed by atoms with E-state index in [0.717, 1.165) is 89.4 Å². The number of methoxy groups -OCH3 is 1. The van der Waals surface area contributed by atoms with Crippen LogP contribution in [0.2, 0.25) is 0 Å². The summed E-state index contributed by atoms with van der Waals surface area (Å²) in [6, 6.07) is 16.8. The smallest absolute Gasteiger partial charge is 0.163 e. The van der Waals surface area contributed by atoms with Gasteiger partial charge in [-0.3, -0.25) is 0 Å². The number of furan rings is 1. The summed E-state index contributed by atoms with van der Waals surface area (Å²) < 4.78 is 18.2. The van der Waals surface area contributed by atoms with E-state index in [1.807, 2.05) is 24.3 Å². The number of nitrogens with one attached hydrogen (secondary N) is 1. The maximum atomic E-state index is 6.25. The highest BCUT2D eigenvalue weighted by Gasteiger charge is 2.20. The summed E-state index contributed by atoms with van der Waals surface area (Å²) in [5.41, 5.74) is 3.60. The Balaban J connectivity index is 1.33. The average Bonchev–Trinajstić information content (AvgIpc) is 3.62. The van der Waals surface area contributed by atoms with Crippen LogP contribution in [0.4, 0.5) is 5.69 Å². The first-order chi connectivity index (χ1) is 18.7. The van der Waals surface area contributed by atoms with Crippen LogP contribution in [0.25, 0.3) is 33.3 Å². The van der Waals surface area contributed by atoms with Crippen molar-refractivity contribution >= 4 is 27.6 Å². The van der Waals surface area contributed by atoms with Crippen LogP contribution < -0.4 is 14.8 Å². The SMILES string of the molecule is COc1cc2c(NC3CCN(C)CC3)cc(-c3cc4ccccc4o3)nc2cc1OCCCN1CCCC1. The standard InChI is InChI=1S/C31H38N4O3/c1-34-15-10-23(11-16-34)32-25-20-27(29-18-22-8-3-4-9-28(22)38-29)33-26-21-31(30(36-2)19-24(25)26)37-17-7-14-35-12-5-6-13-35/h3-4,8-9,18-21,23H,5-7,10-17H2,1-2H3,(H,32,33). The number of pyridine rings is 1. The fraction of sp³-hybridized carbons (Fsp3) is 0.452. The summed E-state index contributed by atoms with van der Waals surface area (Å²) >= 11 is 0. The molecule has 2 aliphatic rings. The highest BCUT2D eigenvalue weighted by atomic mass is 16.5. The van der Waals surface area contributed by atoms with E-state index in [1.165, 1.54) is 25.9 Å². The normalized spacial score (nSPS) is 17.4. The monoisotopic (exact) mass is 514 g/mol. The van der Waals surface area contributed by atoms with Crippen molar-refractivity contribution in [2.45, 2.75) is 38.1 Å². The third-order valence-electron chi connectivity index (χ3n) is 7.93. The van der Waals surface area contributed by atoms with E-state index in [4.69, 9.17) is 18.9 Å². The minimum atomic E-state index is 0.410. The molecule has 6 rings (SSSR count). The van der Waals surface area contributed by atoms with E-state index < -0.39 is 0 Å². The second-order valence-electron chi connectivity index (χ2n) is 10.7. The molecule has 200 valence electrons. The lowest BCUT2D eigenvalue weighted by Crippen LogP contribution is -2.36. The van der Waals surface area contributed by atoms with Gasteiger partial charge in [-0.2, -0.15) is 0 Å². The molecular formula is C31H38N4O3. The van der Waals surface area contributed by atoms with E-state index in [2.05, 4.69) is 46.4 Å². The fourth-order valence-electron chi connectivity index (χ4n) is 5.71. The minimum absolute atomic E-state index is 0.410. The Bertz CT molecular complexity index is 1350. The van der Waals surface area contributed by atoms with Crippen LogP contribution in [0, 0.1) is 0 Å². The highest BCUT2D eigenvalue weighted by Crippen LogP contribution is 2.38. The lowest BCUT2D eigenvalue weighted by Gasteiger charge is -2.30. The molecule has 0 atom stereocenters. The minimum Gasteiger partial charge on any atom is -0.493 e. The van der Waals surface area contributed by atoms with Crippen LogP contribution in [0.3, 0.4) is 0 Å². The molecule has 2 aliphatic heterocycles. The van der Waals surface area contributed by atoms with E-state index in [1.54, 1.807) is 7.11 Å². The summed E-state index contributed by atoms with van der Waals surface area (Å²) in [5, 5.41) is 5.94. The van der Waals surface area contributed by atoms with Crippen LogP contribution in [0.5, 0.6) is 11.5 Å². The number of piperidine rings is 1. The number of rotatable bonds is 9. The van der Waals surface area contributed by atoms with Crippen molar-refractivity contribution < 1.29 is 13.9 Å². The van der Waals surface area contributed by atoms with Gasteiger partial charge in [0.25, 0.3) is 0 Å². The largest absolute Gasteiger partial charge is 0.493 e. The Labute approximate surface area is 224 Å². The molecule has 2 aromatic carbocycles. The molecule has 0 unspecified atom stereocenters. The lowest BCUT2D eigenvalue weighted by molar-refractivity contribution is 0.254. The van der Waals surface area contributed by atoms with Gasteiger partial charge in [0, 0.05) is 35.1 Å². The Hall–Kier alpha value is -3.29. The zero-order valence-electron chi connectivity index (χ0n) is 22.5. The maximum Gasteiger partial charge on any atom is 0.163 e. The number of hydrogen-bond donors (Lipinski definition) is 1. The predicted molar refractivity (Wildman–Crippen MR) is 153 cm³/mol. The molecule has 0 amide bonds. The van der Waals surface area contributed by atoms with Gasteiger partial charge in [-0.25, -0.2) is 4.98 Å². The van der Waals surface area contributed by atoms with E-state index >= 15 is 0 Å². The molecule has 4 heterocycles. The van der Waals surface area contributed by atoms with E-state index in [-0.39, 0.29) is 0 Å². The van der Waals surface area contributed by atoms with Gasteiger partial charge < -0.3 is 29.0 Å². The van der Waals surface area contributed by atoms with Gasteiger partial charge in [-0.1, -0.05) is 18.2 Å². The van der Waals surface area contributed by atoms with Crippen LogP contribution in [0.1, 0.15) is 32.1 Å². The molecule has 2 fully saturated rings. The van der Waals surface area contributed by atoms with Gasteiger partial charge in [0.05, 0.1) is 19.2 Å². The third kappa shape index (κ3) is 5.45. The number of aromatic nitrogens is 1. The molecular weight excluding hydrogens is 476 g/mol. The lowest BCUT2D eigenvalue weighted by atomic mass is 10.0. The van der Waals surface area contributed by atoms with Crippen molar-refractivity contribution in [3.63, 3.8) is 0 Å². The molecule has 4 aromatic rings. The molecule has 0 radical (unpaired) electrons. The number of likely N-dealkylation sites (tertiary alicyclic amines) is 2. The topological polar surface area (TPSA) is 63.0 Å². The molecule has 0 spiro atoms. The Kier molecular flexibility index (Phi) is 7.38. The first-order valence-corrected chi connectivity index (χ1v) is 14.0. The van der Waals surface area contributed by atoms with Crippen molar-refractivity contribution in [3.05, 3.63) is 48.5 Å². The quantitative estimate of drug-likeness (QED) is 0.274. The maximum absolute atomic E-state index is 6.25. The summed E-state index contributed by atoms with van der Waals surface area (Å²) in [6.07, 6.45) is 5.83. The van der Waals surface area contributed by atoms with Gasteiger partial charge in [-0.05, 0) is 89.6 Å². The highest BCUT2D eigenvalue weighted by molar-refractivity contribution is 5.96. The molecule has 2 aromatic heterocycles. The predicted octanol–water partition coefficient (Wildman–Crippen LogP) is 6.03. The Morgan fingerprint density at radius 2 is 1.82 bits per heavy atom. The van der Waals surface area contributed by atoms with Crippen molar-refractivity contribution in [1.82, 2.24) is 14.8 Å². The summed E-state index contributed by atoms with van der Waals surface area (Å²) in [6.45, 7) is 6.34. The van der Waals surface area contributed by atoms with Crippen molar-refractivity contribution in [2.24, 2.45) is 0 Å². The molecule has 0 aliphatic carbocycles. The van der Waals surface area contributed by atoms with Gasteiger partial charge in [0.2, 0.25) is 0 Å². The molecule has 1 N–H and O–H groups in total. The van der Waals surface area contributed by atoms with Crippen LogP contribution in [-0.4, -0.2) is 74.3 Å². The van der Waals surface area contributed by atoms with Crippen molar-refractivity contribution in [1.29, 1.82) is 0 Å². The van der Waals surface area contributed by atoms with Crippen molar-refractivity contribution in [2.75, 3.05) is 58.8 Å². The summed E-state index contributed by atoms with van der Waals surface area (Å²) in [7, 11) is 3.90. The second kappa shape index (κ2) is 11.2. The van der Waals surface area contributed by atoms with Crippen LogP contribution >= 0.6 is 0 Å². The molecule has 7 heteroatoms. The van der Waals surface area contributed by atoms with Crippen LogP contribution in [0.15, 0.2) is 52.9 Å². The molecule has 0 saturated carbocycles. The van der Waals surface area contributed by atoms with Crippen molar-refractivity contribution in [3.8, 4) is 23.0 Å². The first-order valence-electron chi connectivity index (χ1n) is 14.0. The Morgan fingerprint density at radius 1 is 1.00 bits per heavy atom. The van der Waals surface area contributed by atoms with Gasteiger partial charge >= 0.3 is 0 Å². The van der Waals surface area contributed by atoms with E-state index in [9.17, 15) is 0 Å². The second-order valence-corrected chi connectivity index (χ2v) is 10.7. The Morgan fingerprint density at radius 3 is 2.61 bits per heavy atom. The first kappa shape index (κ1) is 25.0. The zero-order chi connectivity index (χ0) is 25.9. The van der Waals surface area contributed by atoms with Crippen LogP contribution in [-0.2, 0) is 0 Å². The fourth-order valence-corrected chi connectivity index (χ4v) is 5.71. The third-order valence-corrected chi connectivity index (χ3v) is 7.93.